The van der Waals surface area contributed by atoms with Crippen LogP contribution in [0.25, 0.3) is 0 Å². The summed E-state index contributed by atoms with van der Waals surface area (Å²) >= 11 is 0. The molecular weight excluding hydrogens is 214 g/mol. The number of sulfonamides is 1. The Morgan fingerprint density at radius 1 is 1.27 bits per heavy atom. The fourth-order valence-electron chi connectivity index (χ4n) is 2.04. The Kier molecular flexibility index (Phi) is 5.56. The van der Waals surface area contributed by atoms with E-state index in [-0.39, 0.29) is 12.4 Å². The van der Waals surface area contributed by atoms with E-state index in [4.69, 9.17) is 5.11 Å². The Balaban J connectivity index is 2.12. The molecule has 0 amide bonds. The zero-order valence-corrected chi connectivity index (χ0v) is 9.93. The summed E-state index contributed by atoms with van der Waals surface area (Å²) in [5, 5.41) is 8.54. The van der Waals surface area contributed by atoms with Crippen molar-refractivity contribution >= 4 is 10.0 Å². The molecule has 0 saturated heterocycles. The number of nitrogens with one attached hydrogen (secondary N) is 1. The SMILES string of the molecule is O=S(=O)(CCCO)NCCC1CCCC1. The molecule has 1 rings (SSSR count). The number of hydrogen-bond acceptors (Lipinski definition) is 3. The van der Waals surface area contributed by atoms with Crippen LogP contribution in [-0.4, -0.2) is 32.4 Å². The minimum Gasteiger partial charge on any atom is -0.396 e. The van der Waals surface area contributed by atoms with Crippen molar-refractivity contribution in [2.45, 2.75) is 38.5 Å². The van der Waals surface area contributed by atoms with Gasteiger partial charge in [0.1, 0.15) is 0 Å². The summed E-state index contributed by atoms with van der Waals surface area (Å²) in [5.74, 6) is 0.749. The van der Waals surface area contributed by atoms with Crippen LogP contribution in [0, 0.1) is 5.92 Å². The van der Waals surface area contributed by atoms with Gasteiger partial charge in [-0.15, -0.1) is 0 Å². The lowest BCUT2D eigenvalue weighted by Gasteiger charge is -2.09. The first-order chi connectivity index (χ1) is 7.14. The molecule has 1 fully saturated rings. The fourth-order valence-corrected chi connectivity index (χ4v) is 3.13. The van der Waals surface area contributed by atoms with Crippen molar-refractivity contribution in [3.8, 4) is 0 Å². The third kappa shape index (κ3) is 5.49. The Labute approximate surface area is 92.1 Å². The van der Waals surface area contributed by atoms with Gasteiger partial charge in [0.15, 0.2) is 0 Å². The van der Waals surface area contributed by atoms with Gasteiger partial charge in [-0.1, -0.05) is 25.7 Å². The van der Waals surface area contributed by atoms with E-state index >= 15 is 0 Å². The highest BCUT2D eigenvalue weighted by Gasteiger charge is 2.16. The summed E-state index contributed by atoms with van der Waals surface area (Å²) in [6.45, 7) is 0.488. The van der Waals surface area contributed by atoms with Gasteiger partial charge in [0.25, 0.3) is 0 Å². The predicted octanol–water partition coefficient (Wildman–Crippen LogP) is 0.868. The molecule has 0 atom stereocenters. The quantitative estimate of drug-likeness (QED) is 0.688. The third-order valence-electron chi connectivity index (χ3n) is 2.92. The van der Waals surface area contributed by atoms with Gasteiger partial charge in [-0.2, -0.15) is 0 Å². The molecule has 0 bridgehead atoms. The Hall–Kier alpha value is -0.130. The van der Waals surface area contributed by atoms with Crippen LogP contribution in [0.3, 0.4) is 0 Å². The highest BCUT2D eigenvalue weighted by molar-refractivity contribution is 7.89. The second kappa shape index (κ2) is 6.45. The van der Waals surface area contributed by atoms with Crippen molar-refractivity contribution < 1.29 is 13.5 Å². The average Bonchev–Trinajstić information content (AvgIpc) is 2.67. The molecule has 1 saturated carbocycles. The van der Waals surface area contributed by atoms with Crippen molar-refractivity contribution in [3.63, 3.8) is 0 Å². The maximum atomic E-state index is 11.3. The van der Waals surface area contributed by atoms with E-state index < -0.39 is 10.0 Å². The lowest BCUT2D eigenvalue weighted by molar-refractivity contribution is 0.295. The summed E-state index contributed by atoms with van der Waals surface area (Å²) in [6.07, 6.45) is 6.36. The lowest BCUT2D eigenvalue weighted by atomic mass is 10.1. The topological polar surface area (TPSA) is 66.4 Å². The van der Waals surface area contributed by atoms with Gasteiger partial charge >= 0.3 is 0 Å². The van der Waals surface area contributed by atoms with Crippen LogP contribution in [0.2, 0.25) is 0 Å². The minimum atomic E-state index is -3.15. The largest absolute Gasteiger partial charge is 0.396 e. The van der Waals surface area contributed by atoms with Gasteiger partial charge in [0.05, 0.1) is 5.75 Å². The molecule has 0 aromatic rings. The summed E-state index contributed by atoms with van der Waals surface area (Å²) in [6, 6.07) is 0. The van der Waals surface area contributed by atoms with Gasteiger partial charge in [-0.3, -0.25) is 0 Å². The van der Waals surface area contributed by atoms with E-state index in [0.29, 0.717) is 18.9 Å². The Morgan fingerprint density at radius 3 is 2.53 bits per heavy atom. The van der Waals surface area contributed by atoms with Gasteiger partial charge in [0, 0.05) is 13.2 Å². The molecule has 1 aliphatic rings. The normalized spacial score (nSPS) is 18.5. The molecule has 1 aliphatic carbocycles. The van der Waals surface area contributed by atoms with Gasteiger partial charge in [0.2, 0.25) is 10.0 Å². The second-order valence-corrected chi connectivity index (χ2v) is 6.16. The van der Waals surface area contributed by atoms with Gasteiger partial charge in [-0.25, -0.2) is 13.1 Å². The van der Waals surface area contributed by atoms with Crippen LogP contribution in [0.5, 0.6) is 0 Å². The smallest absolute Gasteiger partial charge is 0.211 e. The summed E-state index contributed by atoms with van der Waals surface area (Å²) in [4.78, 5) is 0. The molecule has 4 nitrogen and oxygen atoms in total. The number of aliphatic hydroxyl groups excluding tert-OH is 1. The van der Waals surface area contributed by atoms with Crippen molar-refractivity contribution in [3.05, 3.63) is 0 Å². The summed E-state index contributed by atoms with van der Waals surface area (Å²) in [7, 11) is -3.15. The molecular formula is C10H21NO3S. The zero-order valence-electron chi connectivity index (χ0n) is 9.11. The number of rotatable bonds is 7. The standard InChI is InChI=1S/C10H21NO3S/c12-8-3-9-15(13,14)11-7-6-10-4-1-2-5-10/h10-12H,1-9H2. The van der Waals surface area contributed by atoms with Crippen LogP contribution >= 0.6 is 0 Å². The molecule has 90 valence electrons. The maximum absolute atomic E-state index is 11.3. The zero-order chi connectivity index (χ0) is 11.1. The second-order valence-electron chi connectivity index (χ2n) is 4.23. The molecule has 0 aromatic carbocycles. The predicted molar refractivity (Wildman–Crippen MR) is 60.1 cm³/mol. The highest BCUT2D eigenvalue weighted by Crippen LogP contribution is 2.26. The monoisotopic (exact) mass is 235 g/mol. The number of aliphatic hydroxyl groups is 1. The molecule has 2 N–H and O–H groups in total. The third-order valence-corrected chi connectivity index (χ3v) is 4.39. The van der Waals surface area contributed by atoms with Gasteiger partial charge < -0.3 is 5.11 Å². The molecule has 0 radical (unpaired) electrons. The Morgan fingerprint density at radius 2 is 1.93 bits per heavy atom. The van der Waals surface area contributed by atoms with Crippen LogP contribution in [-0.2, 0) is 10.0 Å². The van der Waals surface area contributed by atoms with Crippen LogP contribution in [0.1, 0.15) is 38.5 Å². The maximum Gasteiger partial charge on any atom is 0.211 e. The summed E-state index contributed by atoms with van der Waals surface area (Å²) in [5.41, 5.74) is 0. The highest BCUT2D eigenvalue weighted by atomic mass is 32.2. The molecule has 0 heterocycles. The van der Waals surface area contributed by atoms with Crippen LogP contribution in [0.4, 0.5) is 0 Å². The number of hydrogen-bond donors (Lipinski definition) is 2. The molecule has 0 unspecified atom stereocenters. The first kappa shape index (κ1) is 12.9. The van der Waals surface area contributed by atoms with Crippen LogP contribution in [0.15, 0.2) is 0 Å². The molecule has 15 heavy (non-hydrogen) atoms. The Bertz CT molecular complexity index is 258. The lowest BCUT2D eigenvalue weighted by Crippen LogP contribution is -2.28. The molecule has 0 aliphatic heterocycles. The summed E-state index contributed by atoms with van der Waals surface area (Å²) < 4.78 is 25.3. The average molecular weight is 235 g/mol. The van der Waals surface area contributed by atoms with Crippen molar-refractivity contribution in [1.29, 1.82) is 0 Å². The van der Waals surface area contributed by atoms with Crippen molar-refractivity contribution in [1.82, 2.24) is 4.72 Å². The molecule has 5 heteroatoms. The fraction of sp³-hybridized carbons (Fsp3) is 1.00. The first-order valence-corrected chi connectivity index (χ1v) is 7.37. The van der Waals surface area contributed by atoms with E-state index in [9.17, 15) is 8.42 Å². The molecule has 0 aromatic heterocycles. The van der Waals surface area contributed by atoms with E-state index in [1.807, 2.05) is 0 Å². The van der Waals surface area contributed by atoms with E-state index in [0.717, 1.165) is 6.42 Å². The van der Waals surface area contributed by atoms with Gasteiger partial charge in [-0.05, 0) is 18.8 Å². The minimum absolute atomic E-state index is 0.0359. The van der Waals surface area contributed by atoms with Crippen LogP contribution < -0.4 is 4.72 Å². The van der Waals surface area contributed by atoms with Crippen molar-refractivity contribution in [2.75, 3.05) is 18.9 Å². The van der Waals surface area contributed by atoms with Crippen molar-refractivity contribution in [2.24, 2.45) is 5.92 Å². The first-order valence-electron chi connectivity index (χ1n) is 5.72. The molecule has 0 spiro atoms. The van der Waals surface area contributed by atoms with E-state index in [1.54, 1.807) is 0 Å². The van der Waals surface area contributed by atoms with E-state index in [1.165, 1.54) is 25.7 Å². The van der Waals surface area contributed by atoms with E-state index in [2.05, 4.69) is 4.72 Å².